The molecule has 1 heterocycles. The molecule has 0 spiro atoms. The molecule has 0 aliphatic rings. The van der Waals surface area contributed by atoms with Crippen molar-refractivity contribution in [3.05, 3.63) is 77.5 Å². The summed E-state index contributed by atoms with van der Waals surface area (Å²) in [7, 11) is -3.15. The van der Waals surface area contributed by atoms with Crippen molar-refractivity contribution in [2.45, 2.75) is 38.4 Å². The minimum atomic E-state index is -3.15. The number of benzene rings is 2. The molecule has 0 saturated carbocycles. The molecule has 2 aromatic carbocycles. The highest BCUT2D eigenvalue weighted by Crippen LogP contribution is 2.29. The first-order chi connectivity index (χ1) is 13.9. The van der Waals surface area contributed by atoms with Crippen molar-refractivity contribution < 1.29 is 8.42 Å². The molecule has 1 aromatic heterocycles. The van der Waals surface area contributed by atoms with Gasteiger partial charge in [-0.2, -0.15) is 0 Å². The molecule has 152 valence electrons. The van der Waals surface area contributed by atoms with E-state index in [0.717, 1.165) is 24.2 Å². The van der Waals surface area contributed by atoms with Crippen LogP contribution in [0.1, 0.15) is 36.2 Å². The number of aromatic nitrogens is 1. The zero-order chi connectivity index (χ0) is 21.0. The lowest BCUT2D eigenvalue weighted by atomic mass is 10.1. The maximum atomic E-state index is 11.6. The van der Waals surface area contributed by atoms with Crippen molar-refractivity contribution in [2.75, 3.05) is 6.26 Å². The number of rotatable bonds is 8. The number of nitrogens with zero attached hydrogens (tertiary/aromatic N) is 1. The molecular formula is C24H28N2O2S. The number of fused-ring (bicyclic) bond motifs is 1. The molecular weight excluding hydrogens is 380 g/mol. The second kappa shape index (κ2) is 8.80. The van der Waals surface area contributed by atoms with E-state index >= 15 is 0 Å². The minimum Gasteiger partial charge on any atom is -0.341 e. The molecule has 3 rings (SSSR count). The average Bonchev–Trinajstić information content (AvgIpc) is 2.99. The van der Waals surface area contributed by atoms with Crippen molar-refractivity contribution >= 4 is 32.9 Å². The Hall–Kier alpha value is -2.63. The molecule has 0 fully saturated rings. The first-order valence-corrected chi connectivity index (χ1v) is 11.7. The van der Waals surface area contributed by atoms with Gasteiger partial charge in [-0.15, -0.1) is 0 Å². The van der Waals surface area contributed by atoms with Gasteiger partial charge in [-0.3, -0.25) is 0 Å². The van der Waals surface area contributed by atoms with Gasteiger partial charge < -0.3 is 9.88 Å². The van der Waals surface area contributed by atoms with Crippen molar-refractivity contribution in [2.24, 2.45) is 0 Å². The van der Waals surface area contributed by atoms with E-state index in [4.69, 9.17) is 0 Å². The molecule has 0 unspecified atom stereocenters. The molecule has 0 amide bonds. The summed E-state index contributed by atoms with van der Waals surface area (Å²) in [6.07, 6.45) is 7.36. The van der Waals surface area contributed by atoms with Crippen molar-refractivity contribution in [1.82, 2.24) is 9.88 Å². The topological polar surface area (TPSA) is 51.1 Å². The van der Waals surface area contributed by atoms with Gasteiger partial charge >= 0.3 is 0 Å². The summed E-state index contributed by atoms with van der Waals surface area (Å²) < 4.78 is 25.4. The lowest BCUT2D eigenvalue weighted by Gasteiger charge is -2.08. The van der Waals surface area contributed by atoms with Gasteiger partial charge in [-0.1, -0.05) is 36.9 Å². The Morgan fingerprint density at radius 3 is 2.31 bits per heavy atom. The molecule has 0 aliphatic carbocycles. The number of allylic oxidation sites excluding steroid dienone is 1. The molecule has 29 heavy (non-hydrogen) atoms. The first kappa shape index (κ1) is 21.1. The van der Waals surface area contributed by atoms with Crippen LogP contribution in [0.5, 0.6) is 0 Å². The monoisotopic (exact) mass is 408 g/mol. The maximum Gasteiger partial charge on any atom is 0.175 e. The Labute approximate surface area is 173 Å². The predicted octanol–water partition coefficient (Wildman–Crippen LogP) is 5.03. The Balaban J connectivity index is 1.78. The van der Waals surface area contributed by atoms with E-state index in [1.807, 2.05) is 25.1 Å². The third-order valence-electron chi connectivity index (χ3n) is 5.06. The van der Waals surface area contributed by atoms with Gasteiger partial charge in [0, 0.05) is 48.1 Å². The standard InChI is InChI=1S/C24H28N2O2S/c1-5-8-23-21(6-2)22-15-19(11-14-24(22)26(23)7-3)17-25-16-18-9-12-20(13-10-18)29(4,27)28/h5-6,8-15,25H,2,7,16-17H2,1,3-4H3/b8-5-. The van der Waals surface area contributed by atoms with Crippen LogP contribution in [0, 0.1) is 0 Å². The molecule has 0 radical (unpaired) electrons. The average molecular weight is 409 g/mol. The van der Waals surface area contributed by atoms with Crippen molar-refractivity contribution in [3.8, 4) is 0 Å². The minimum absolute atomic E-state index is 0.348. The van der Waals surface area contributed by atoms with Gasteiger partial charge in [0.15, 0.2) is 9.84 Å². The lowest BCUT2D eigenvalue weighted by Crippen LogP contribution is -2.12. The smallest absolute Gasteiger partial charge is 0.175 e. The Kier molecular flexibility index (Phi) is 6.40. The van der Waals surface area contributed by atoms with Gasteiger partial charge in [0.25, 0.3) is 0 Å². The van der Waals surface area contributed by atoms with Crippen LogP contribution in [0.2, 0.25) is 0 Å². The summed E-state index contributed by atoms with van der Waals surface area (Å²) in [4.78, 5) is 0.348. The van der Waals surface area contributed by atoms with E-state index in [0.29, 0.717) is 11.4 Å². The van der Waals surface area contributed by atoms with Crippen molar-refractivity contribution in [1.29, 1.82) is 0 Å². The lowest BCUT2D eigenvalue weighted by molar-refractivity contribution is 0.602. The molecule has 0 aliphatic heterocycles. The summed E-state index contributed by atoms with van der Waals surface area (Å²) in [6, 6.07) is 13.6. The van der Waals surface area contributed by atoms with E-state index in [1.165, 1.54) is 28.4 Å². The van der Waals surface area contributed by atoms with Gasteiger partial charge in [-0.05, 0) is 55.3 Å². The van der Waals surface area contributed by atoms with Gasteiger partial charge in [0.05, 0.1) is 4.90 Å². The fourth-order valence-electron chi connectivity index (χ4n) is 3.66. The summed E-state index contributed by atoms with van der Waals surface area (Å²) in [5.74, 6) is 0. The number of aryl methyl sites for hydroxylation is 1. The molecule has 0 bridgehead atoms. The van der Waals surface area contributed by atoms with Gasteiger partial charge in [-0.25, -0.2) is 8.42 Å². The predicted molar refractivity (Wildman–Crippen MR) is 123 cm³/mol. The third-order valence-corrected chi connectivity index (χ3v) is 6.19. The quantitative estimate of drug-likeness (QED) is 0.569. The van der Waals surface area contributed by atoms with Gasteiger partial charge in [0.2, 0.25) is 0 Å². The summed E-state index contributed by atoms with van der Waals surface area (Å²) in [6.45, 7) is 10.5. The molecule has 0 atom stereocenters. The molecule has 1 N–H and O–H groups in total. The highest BCUT2D eigenvalue weighted by molar-refractivity contribution is 7.90. The van der Waals surface area contributed by atoms with Crippen LogP contribution in [-0.4, -0.2) is 19.2 Å². The molecule has 4 nitrogen and oxygen atoms in total. The fraction of sp³-hybridized carbons (Fsp3) is 0.250. The highest BCUT2D eigenvalue weighted by Gasteiger charge is 2.13. The SMILES string of the molecule is C=Cc1c(/C=C\C)n(CC)c2ccc(CNCc3ccc(S(C)(=O)=O)cc3)cc12. The van der Waals surface area contributed by atoms with Crippen LogP contribution in [0.25, 0.3) is 23.1 Å². The van der Waals surface area contributed by atoms with Crippen LogP contribution in [0.15, 0.2) is 60.0 Å². The Bertz CT molecular complexity index is 1150. The van der Waals surface area contributed by atoms with E-state index in [1.54, 1.807) is 12.1 Å². The molecule has 0 saturated heterocycles. The zero-order valence-electron chi connectivity index (χ0n) is 17.3. The van der Waals surface area contributed by atoms with E-state index in [2.05, 4.69) is 53.7 Å². The number of sulfone groups is 1. The second-order valence-corrected chi connectivity index (χ2v) is 9.13. The molecule has 5 heteroatoms. The highest BCUT2D eigenvalue weighted by atomic mass is 32.2. The first-order valence-electron chi connectivity index (χ1n) is 9.79. The van der Waals surface area contributed by atoms with Crippen molar-refractivity contribution in [3.63, 3.8) is 0 Å². The van der Waals surface area contributed by atoms with E-state index < -0.39 is 9.84 Å². The number of hydrogen-bond donors (Lipinski definition) is 1. The van der Waals surface area contributed by atoms with Crippen LogP contribution in [-0.2, 0) is 29.5 Å². The Morgan fingerprint density at radius 1 is 1.07 bits per heavy atom. The van der Waals surface area contributed by atoms with E-state index in [-0.39, 0.29) is 0 Å². The normalized spacial score (nSPS) is 12.1. The van der Waals surface area contributed by atoms with Crippen LogP contribution in [0.3, 0.4) is 0 Å². The number of hydrogen-bond acceptors (Lipinski definition) is 3. The van der Waals surface area contributed by atoms with Crippen LogP contribution < -0.4 is 5.32 Å². The summed E-state index contributed by atoms with van der Waals surface area (Å²) in [5, 5.41) is 4.66. The Morgan fingerprint density at radius 2 is 1.72 bits per heavy atom. The summed E-state index contributed by atoms with van der Waals surface area (Å²) >= 11 is 0. The second-order valence-electron chi connectivity index (χ2n) is 7.12. The fourth-order valence-corrected chi connectivity index (χ4v) is 4.29. The summed E-state index contributed by atoms with van der Waals surface area (Å²) in [5.41, 5.74) is 5.83. The van der Waals surface area contributed by atoms with Gasteiger partial charge in [0.1, 0.15) is 0 Å². The van der Waals surface area contributed by atoms with Crippen LogP contribution in [0.4, 0.5) is 0 Å². The van der Waals surface area contributed by atoms with E-state index in [9.17, 15) is 8.42 Å². The zero-order valence-corrected chi connectivity index (χ0v) is 18.1. The largest absolute Gasteiger partial charge is 0.341 e. The maximum absolute atomic E-state index is 11.6. The number of nitrogens with one attached hydrogen (secondary N) is 1. The third kappa shape index (κ3) is 4.52. The molecule has 3 aromatic rings. The van der Waals surface area contributed by atoms with Crippen LogP contribution >= 0.6 is 0 Å².